The molecule has 148 valence electrons. The molecule has 4 heteroatoms. The molecule has 1 aliphatic carbocycles. The van der Waals surface area contributed by atoms with Crippen LogP contribution in [0.25, 0.3) is 0 Å². The van der Waals surface area contributed by atoms with Gasteiger partial charge in [-0.05, 0) is 80.9 Å². The quantitative estimate of drug-likeness (QED) is 0.821. The summed E-state index contributed by atoms with van der Waals surface area (Å²) in [5.41, 5.74) is 4.69. The van der Waals surface area contributed by atoms with Crippen LogP contribution < -0.4 is 10.1 Å². The van der Waals surface area contributed by atoms with Crippen molar-refractivity contribution in [1.82, 2.24) is 10.2 Å². The van der Waals surface area contributed by atoms with Crippen LogP contribution in [0.2, 0.25) is 0 Å². The molecule has 4 nitrogen and oxygen atoms in total. The molecular weight excluding hydrogens is 348 g/mol. The van der Waals surface area contributed by atoms with Crippen molar-refractivity contribution >= 4 is 5.91 Å². The minimum Gasteiger partial charge on any atom is -0.496 e. The molecule has 0 bridgehead atoms. The molecule has 0 aromatic heterocycles. The fraction of sp³-hybridized carbons (Fsp3) is 0.458. The van der Waals surface area contributed by atoms with Crippen LogP contribution in [0.4, 0.5) is 0 Å². The van der Waals surface area contributed by atoms with Crippen LogP contribution in [0.1, 0.15) is 58.8 Å². The van der Waals surface area contributed by atoms with E-state index in [0.29, 0.717) is 6.54 Å². The van der Waals surface area contributed by atoms with Gasteiger partial charge in [-0.15, -0.1) is 0 Å². The van der Waals surface area contributed by atoms with E-state index in [2.05, 4.69) is 28.4 Å². The Morgan fingerprint density at radius 1 is 1.04 bits per heavy atom. The van der Waals surface area contributed by atoms with Gasteiger partial charge >= 0.3 is 0 Å². The summed E-state index contributed by atoms with van der Waals surface area (Å²) in [6, 6.07) is 14.5. The molecule has 1 fully saturated rings. The highest BCUT2D eigenvalue weighted by Crippen LogP contribution is 2.31. The maximum Gasteiger partial charge on any atom is 0.251 e. The number of hydrogen-bond donors (Lipinski definition) is 1. The summed E-state index contributed by atoms with van der Waals surface area (Å²) < 4.78 is 5.60. The number of benzene rings is 2. The van der Waals surface area contributed by atoms with Crippen molar-refractivity contribution in [3.05, 3.63) is 64.7 Å². The van der Waals surface area contributed by atoms with Crippen molar-refractivity contribution in [2.45, 2.75) is 44.6 Å². The Morgan fingerprint density at radius 2 is 1.79 bits per heavy atom. The molecule has 0 radical (unpaired) electrons. The molecule has 1 heterocycles. The Labute approximate surface area is 167 Å². The van der Waals surface area contributed by atoms with Crippen molar-refractivity contribution < 1.29 is 9.53 Å². The first-order chi connectivity index (χ1) is 13.8. The van der Waals surface area contributed by atoms with E-state index in [9.17, 15) is 4.79 Å². The lowest BCUT2D eigenvalue weighted by Crippen LogP contribution is -2.37. The van der Waals surface area contributed by atoms with Crippen LogP contribution in [-0.4, -0.2) is 37.6 Å². The van der Waals surface area contributed by atoms with E-state index in [4.69, 9.17) is 4.74 Å². The minimum atomic E-state index is 0.0208. The van der Waals surface area contributed by atoms with E-state index >= 15 is 0 Å². The van der Waals surface area contributed by atoms with Gasteiger partial charge < -0.3 is 10.1 Å². The maximum absolute atomic E-state index is 12.9. The van der Waals surface area contributed by atoms with Gasteiger partial charge in [-0.3, -0.25) is 9.69 Å². The van der Waals surface area contributed by atoms with Crippen LogP contribution >= 0.6 is 0 Å². The highest BCUT2D eigenvalue weighted by atomic mass is 16.5. The van der Waals surface area contributed by atoms with Gasteiger partial charge in [0.25, 0.3) is 5.91 Å². The standard InChI is InChI=1S/C24H30N2O2/c1-28-23-11-5-4-10-21(23)22(26-14-6-7-15-26)17-25-24(27)20-13-12-18-8-2-3-9-19(18)16-20/h4-5,10-13,16,22H,2-3,6-9,14-15,17H2,1H3,(H,25,27). The molecule has 28 heavy (non-hydrogen) atoms. The fourth-order valence-electron chi connectivity index (χ4n) is 4.60. The van der Waals surface area contributed by atoms with E-state index in [0.717, 1.165) is 42.8 Å². The number of methoxy groups -OCH3 is 1. The van der Waals surface area contributed by atoms with E-state index in [-0.39, 0.29) is 11.9 Å². The number of para-hydroxylation sites is 1. The smallest absolute Gasteiger partial charge is 0.251 e. The van der Waals surface area contributed by atoms with E-state index in [1.807, 2.05) is 24.3 Å². The van der Waals surface area contributed by atoms with Crippen molar-refractivity contribution in [2.24, 2.45) is 0 Å². The average molecular weight is 379 g/mol. The molecule has 1 saturated heterocycles. The topological polar surface area (TPSA) is 41.6 Å². The second-order valence-corrected chi connectivity index (χ2v) is 7.90. The monoisotopic (exact) mass is 378 g/mol. The van der Waals surface area contributed by atoms with E-state index < -0.39 is 0 Å². The number of carbonyl (C=O) groups excluding carboxylic acids is 1. The summed E-state index contributed by atoms with van der Waals surface area (Å²) in [6.07, 6.45) is 7.14. The third-order valence-electron chi connectivity index (χ3n) is 6.15. The number of amides is 1. The van der Waals surface area contributed by atoms with E-state index in [1.54, 1.807) is 7.11 Å². The number of aryl methyl sites for hydroxylation is 2. The van der Waals surface area contributed by atoms with E-state index in [1.165, 1.54) is 36.8 Å². The molecule has 2 aromatic carbocycles. The predicted molar refractivity (Wildman–Crippen MR) is 112 cm³/mol. The third kappa shape index (κ3) is 4.07. The van der Waals surface area contributed by atoms with Crippen LogP contribution in [-0.2, 0) is 12.8 Å². The molecule has 2 aliphatic rings. The van der Waals surface area contributed by atoms with Crippen molar-refractivity contribution in [3.63, 3.8) is 0 Å². The van der Waals surface area contributed by atoms with Gasteiger partial charge in [0.1, 0.15) is 5.75 Å². The normalized spacial score (nSPS) is 17.8. The summed E-state index contributed by atoms with van der Waals surface area (Å²) in [7, 11) is 1.71. The SMILES string of the molecule is COc1ccccc1C(CNC(=O)c1ccc2c(c1)CCCC2)N1CCCC1. The molecule has 1 atom stereocenters. The Kier molecular flexibility index (Phi) is 5.96. The summed E-state index contributed by atoms with van der Waals surface area (Å²) in [5, 5.41) is 3.20. The number of rotatable bonds is 6. The molecule has 1 unspecified atom stereocenters. The lowest BCUT2D eigenvalue weighted by molar-refractivity contribution is 0.0937. The number of nitrogens with one attached hydrogen (secondary N) is 1. The number of nitrogens with zero attached hydrogens (tertiary/aromatic N) is 1. The molecular formula is C24H30N2O2. The Balaban J connectivity index is 1.50. The lowest BCUT2D eigenvalue weighted by atomic mass is 9.90. The van der Waals surface area contributed by atoms with Gasteiger partial charge in [-0.2, -0.15) is 0 Å². The molecule has 2 aromatic rings. The second kappa shape index (κ2) is 8.78. The van der Waals surface area contributed by atoms with Crippen molar-refractivity contribution in [2.75, 3.05) is 26.7 Å². The van der Waals surface area contributed by atoms with Crippen LogP contribution in [0.3, 0.4) is 0 Å². The van der Waals surface area contributed by atoms with Gasteiger partial charge in [-0.1, -0.05) is 24.3 Å². The number of hydrogen-bond acceptors (Lipinski definition) is 3. The fourth-order valence-corrected chi connectivity index (χ4v) is 4.60. The van der Waals surface area contributed by atoms with Crippen LogP contribution in [0.5, 0.6) is 5.75 Å². The zero-order chi connectivity index (χ0) is 19.3. The highest BCUT2D eigenvalue weighted by molar-refractivity contribution is 5.94. The molecule has 4 rings (SSSR count). The first kappa shape index (κ1) is 19.0. The van der Waals surface area contributed by atoms with Gasteiger partial charge in [0.15, 0.2) is 0 Å². The molecule has 0 saturated carbocycles. The summed E-state index contributed by atoms with van der Waals surface area (Å²) >= 11 is 0. The summed E-state index contributed by atoms with van der Waals surface area (Å²) in [6.45, 7) is 2.73. The van der Waals surface area contributed by atoms with Crippen molar-refractivity contribution in [1.29, 1.82) is 0 Å². The van der Waals surface area contributed by atoms with Gasteiger partial charge in [0.2, 0.25) is 0 Å². The van der Waals surface area contributed by atoms with Gasteiger partial charge in [0.05, 0.1) is 13.2 Å². The predicted octanol–water partition coefficient (Wildman–Crippen LogP) is 4.14. The third-order valence-corrected chi connectivity index (χ3v) is 6.15. The van der Waals surface area contributed by atoms with Gasteiger partial charge in [0, 0.05) is 17.7 Å². The van der Waals surface area contributed by atoms with Crippen LogP contribution in [0, 0.1) is 0 Å². The number of carbonyl (C=O) groups is 1. The number of ether oxygens (including phenoxy) is 1. The first-order valence-electron chi connectivity index (χ1n) is 10.5. The molecule has 1 N–H and O–H groups in total. The average Bonchev–Trinajstić information content (AvgIpc) is 3.28. The Hall–Kier alpha value is -2.33. The van der Waals surface area contributed by atoms with Crippen molar-refractivity contribution in [3.8, 4) is 5.75 Å². The second-order valence-electron chi connectivity index (χ2n) is 7.90. The maximum atomic E-state index is 12.9. The Bertz CT molecular complexity index is 827. The zero-order valence-corrected chi connectivity index (χ0v) is 16.7. The first-order valence-corrected chi connectivity index (χ1v) is 10.5. The van der Waals surface area contributed by atoms with Gasteiger partial charge in [-0.25, -0.2) is 0 Å². The number of fused-ring (bicyclic) bond motifs is 1. The Morgan fingerprint density at radius 3 is 2.57 bits per heavy atom. The molecule has 0 spiro atoms. The summed E-state index contributed by atoms with van der Waals surface area (Å²) in [4.78, 5) is 15.3. The lowest BCUT2D eigenvalue weighted by Gasteiger charge is -2.29. The highest BCUT2D eigenvalue weighted by Gasteiger charge is 2.26. The molecule has 1 aliphatic heterocycles. The summed E-state index contributed by atoms with van der Waals surface area (Å²) in [5.74, 6) is 0.912. The minimum absolute atomic E-state index is 0.0208. The van der Waals surface area contributed by atoms with Crippen LogP contribution in [0.15, 0.2) is 42.5 Å². The zero-order valence-electron chi connectivity index (χ0n) is 16.7. The number of likely N-dealkylation sites (tertiary alicyclic amines) is 1. The largest absolute Gasteiger partial charge is 0.496 e. The molecule has 1 amide bonds.